The maximum atomic E-state index is 12.1. The van der Waals surface area contributed by atoms with Gasteiger partial charge in [-0.1, -0.05) is 11.6 Å². The molecule has 0 aromatic carbocycles. The monoisotopic (exact) mass is 411 g/mol. The number of nitrogens with one attached hydrogen (secondary N) is 1. The van der Waals surface area contributed by atoms with E-state index in [1.807, 2.05) is 0 Å². The molecule has 11 heteroatoms. The predicted molar refractivity (Wildman–Crippen MR) is 94.6 cm³/mol. The van der Waals surface area contributed by atoms with Crippen LogP contribution < -0.4 is 5.32 Å². The first-order chi connectivity index (χ1) is 12.2. The molecule has 0 saturated carbocycles. The zero-order valence-electron chi connectivity index (χ0n) is 13.9. The Labute approximate surface area is 158 Å². The lowest BCUT2D eigenvalue weighted by Gasteiger charge is -2.21. The predicted octanol–water partition coefficient (Wildman–Crippen LogP) is 3.09. The molecule has 0 unspecified atom stereocenters. The summed E-state index contributed by atoms with van der Waals surface area (Å²) in [6.07, 6.45) is -0.349. The third-order valence-electron chi connectivity index (χ3n) is 2.89. The Hall–Kier alpha value is -1.78. The first-order valence-corrected chi connectivity index (χ1v) is 9.06. The van der Waals surface area contributed by atoms with Crippen LogP contribution in [0.5, 0.6) is 0 Å². The standard InChI is InChI=1S/C15H18ClF3N4O2S/c1-2-23(14(24)25-6-7-26-10-15(17,18)19)12(13(16)20)9-22-11-4-3-5-21-8-11/h3-5,8-9,20,22H,2,6-7,10H2,1H3/p+1/b12-9+,20-13?. The molecule has 26 heavy (non-hydrogen) atoms. The number of quaternary nitrogens is 1. The van der Waals surface area contributed by atoms with Crippen LogP contribution in [0.1, 0.15) is 6.92 Å². The number of carbonyl (C=O) groups is 1. The van der Waals surface area contributed by atoms with E-state index in [1.165, 1.54) is 6.20 Å². The molecule has 144 valence electrons. The van der Waals surface area contributed by atoms with Crippen LogP contribution in [-0.4, -0.2) is 52.0 Å². The quantitative estimate of drug-likeness (QED) is 0.483. The molecule has 0 atom stereocenters. The van der Waals surface area contributed by atoms with Crippen LogP contribution in [0.3, 0.4) is 0 Å². The number of hydrogen-bond acceptors (Lipinski definition) is 5. The molecule has 0 saturated heterocycles. The number of halogens is 4. The molecule has 1 amide bonds. The molecular weight excluding hydrogens is 393 g/mol. The number of alkyl halides is 3. The minimum atomic E-state index is -4.25. The molecule has 3 N–H and O–H groups in total. The highest BCUT2D eigenvalue weighted by molar-refractivity contribution is 7.99. The van der Waals surface area contributed by atoms with Crippen LogP contribution >= 0.6 is 23.4 Å². The Bertz CT molecular complexity index is 629. The first kappa shape index (κ1) is 22.3. The maximum Gasteiger partial charge on any atom is 0.414 e. The number of carbonyl (C=O) groups excluding carboxylic acids is 1. The Morgan fingerprint density at radius 1 is 1.54 bits per heavy atom. The Balaban J connectivity index is 2.63. The zero-order valence-corrected chi connectivity index (χ0v) is 15.5. The molecule has 0 spiro atoms. The highest BCUT2D eigenvalue weighted by Gasteiger charge is 2.27. The molecule has 0 aliphatic carbocycles. The summed E-state index contributed by atoms with van der Waals surface area (Å²) < 4.78 is 41.1. The van der Waals surface area contributed by atoms with Crippen LogP contribution in [0.25, 0.3) is 0 Å². The highest BCUT2D eigenvalue weighted by atomic mass is 35.5. The van der Waals surface area contributed by atoms with Crippen LogP contribution in [0, 0.1) is 5.41 Å². The summed E-state index contributed by atoms with van der Waals surface area (Å²) >= 11 is 6.39. The number of rotatable bonds is 9. The van der Waals surface area contributed by atoms with Crippen LogP contribution in [0.2, 0.25) is 0 Å². The van der Waals surface area contributed by atoms with Gasteiger partial charge in [0.2, 0.25) is 0 Å². The van der Waals surface area contributed by atoms with Crippen LogP contribution in [0.4, 0.5) is 23.7 Å². The zero-order chi connectivity index (χ0) is 19.6. The molecule has 0 fully saturated rings. The van der Waals surface area contributed by atoms with Gasteiger partial charge in [-0.05, 0) is 13.0 Å². The SMILES string of the molecule is CCN(C(=O)OCCSCC(F)(F)F)/C(=C/[NH2+]c1cccnc1)C(=N)Cl. The Morgan fingerprint density at radius 2 is 2.27 bits per heavy atom. The Morgan fingerprint density at radius 3 is 2.81 bits per heavy atom. The van der Waals surface area contributed by atoms with E-state index in [0.29, 0.717) is 11.8 Å². The first-order valence-electron chi connectivity index (χ1n) is 7.53. The summed E-state index contributed by atoms with van der Waals surface area (Å²) in [7, 11) is 0. The van der Waals surface area contributed by atoms with Crippen molar-refractivity contribution in [2.75, 3.05) is 24.7 Å². The number of aromatic nitrogens is 1. The van der Waals surface area contributed by atoms with Gasteiger partial charge in [0, 0.05) is 24.6 Å². The molecule has 1 rings (SSSR count). The summed E-state index contributed by atoms with van der Waals surface area (Å²) in [5.41, 5.74) is 0.863. The number of allylic oxidation sites excluding steroid dienone is 1. The van der Waals surface area contributed by atoms with Gasteiger partial charge in [0.15, 0.2) is 5.69 Å². The van der Waals surface area contributed by atoms with Crippen molar-refractivity contribution < 1.29 is 28.0 Å². The van der Waals surface area contributed by atoms with E-state index in [4.69, 9.17) is 21.7 Å². The number of thioether (sulfide) groups is 1. The summed E-state index contributed by atoms with van der Waals surface area (Å²) in [4.78, 5) is 17.2. The smallest absolute Gasteiger partial charge is 0.414 e. The van der Waals surface area contributed by atoms with Gasteiger partial charge in [0.1, 0.15) is 23.7 Å². The van der Waals surface area contributed by atoms with E-state index >= 15 is 0 Å². The van der Waals surface area contributed by atoms with E-state index < -0.39 is 18.0 Å². The van der Waals surface area contributed by atoms with Crippen molar-refractivity contribution in [3.8, 4) is 0 Å². The lowest BCUT2D eigenvalue weighted by atomic mass is 10.4. The van der Waals surface area contributed by atoms with E-state index in [2.05, 4.69) is 4.98 Å². The lowest BCUT2D eigenvalue weighted by Crippen LogP contribution is -2.72. The molecule has 0 radical (unpaired) electrons. The van der Waals surface area contributed by atoms with Crippen molar-refractivity contribution in [3.05, 3.63) is 36.4 Å². The number of pyridine rings is 1. The molecular formula is C15H19ClF3N4O2S+. The molecule has 1 aromatic rings. The third kappa shape index (κ3) is 8.54. The van der Waals surface area contributed by atoms with Crippen molar-refractivity contribution in [2.24, 2.45) is 0 Å². The highest BCUT2D eigenvalue weighted by Crippen LogP contribution is 2.20. The number of amides is 1. The van der Waals surface area contributed by atoms with Gasteiger partial charge in [-0.15, -0.1) is 11.8 Å². The fraction of sp³-hybridized carbons (Fsp3) is 0.400. The number of hydrogen-bond donors (Lipinski definition) is 2. The Kier molecular flexibility index (Phi) is 9.46. The minimum Gasteiger partial charge on any atom is -0.448 e. The van der Waals surface area contributed by atoms with E-state index in [9.17, 15) is 18.0 Å². The van der Waals surface area contributed by atoms with E-state index in [1.54, 1.807) is 36.8 Å². The fourth-order valence-electron chi connectivity index (χ4n) is 1.78. The summed E-state index contributed by atoms with van der Waals surface area (Å²) in [6, 6.07) is 3.52. The molecule has 1 aromatic heterocycles. The molecule has 0 bridgehead atoms. The van der Waals surface area contributed by atoms with Gasteiger partial charge in [-0.3, -0.25) is 20.6 Å². The second-order valence-corrected chi connectivity index (χ2v) is 6.33. The average Bonchev–Trinajstić information content (AvgIpc) is 2.57. The van der Waals surface area contributed by atoms with Gasteiger partial charge >= 0.3 is 12.3 Å². The van der Waals surface area contributed by atoms with Gasteiger partial charge in [-0.2, -0.15) is 13.2 Å². The van der Waals surface area contributed by atoms with Crippen molar-refractivity contribution in [1.82, 2.24) is 9.88 Å². The summed E-state index contributed by atoms with van der Waals surface area (Å²) in [6.45, 7) is 1.67. The molecule has 1 heterocycles. The second-order valence-electron chi connectivity index (χ2n) is 4.85. The van der Waals surface area contributed by atoms with Gasteiger partial charge in [-0.25, -0.2) is 4.79 Å². The third-order valence-corrected chi connectivity index (χ3v) is 4.07. The fourth-order valence-corrected chi connectivity index (χ4v) is 2.52. The lowest BCUT2D eigenvalue weighted by molar-refractivity contribution is -0.497. The average molecular weight is 412 g/mol. The summed E-state index contributed by atoms with van der Waals surface area (Å²) in [5, 5.41) is 8.91. The van der Waals surface area contributed by atoms with Gasteiger partial charge < -0.3 is 4.74 Å². The largest absolute Gasteiger partial charge is 0.448 e. The van der Waals surface area contributed by atoms with Crippen LogP contribution in [0.15, 0.2) is 36.4 Å². The number of nitrogens with two attached hydrogens (primary N) is 1. The minimum absolute atomic E-state index is 0.0159. The van der Waals surface area contributed by atoms with Crippen molar-refractivity contribution in [1.29, 1.82) is 5.41 Å². The maximum absolute atomic E-state index is 12.1. The normalized spacial score (nSPS) is 12.0. The molecule has 0 aliphatic heterocycles. The molecule has 0 aliphatic rings. The topological polar surface area (TPSA) is 82.9 Å². The van der Waals surface area contributed by atoms with Crippen molar-refractivity contribution in [2.45, 2.75) is 13.1 Å². The number of nitrogens with zero attached hydrogens (tertiary/aromatic N) is 2. The summed E-state index contributed by atoms with van der Waals surface area (Å²) in [5.74, 6) is -0.985. The number of ether oxygens (including phenoxy) is 1. The van der Waals surface area contributed by atoms with Crippen LogP contribution in [-0.2, 0) is 4.74 Å². The van der Waals surface area contributed by atoms with E-state index in [-0.39, 0.29) is 29.8 Å². The van der Waals surface area contributed by atoms with Crippen molar-refractivity contribution >= 4 is 40.3 Å². The van der Waals surface area contributed by atoms with Gasteiger partial charge in [0.25, 0.3) is 0 Å². The second kappa shape index (κ2) is 11.0. The van der Waals surface area contributed by atoms with Gasteiger partial charge in [0.05, 0.1) is 11.9 Å². The van der Waals surface area contributed by atoms with Crippen molar-refractivity contribution in [3.63, 3.8) is 0 Å². The van der Waals surface area contributed by atoms with E-state index in [0.717, 1.165) is 10.6 Å². The molecule has 6 nitrogen and oxygen atoms in total.